The lowest BCUT2D eigenvalue weighted by Gasteiger charge is -2.23. The number of carboxylic acids is 1. The second-order valence-electron chi connectivity index (χ2n) is 7.70. The molecule has 0 aliphatic rings. The van der Waals surface area contributed by atoms with Crippen LogP contribution in [-0.4, -0.2) is 81.3 Å². The Labute approximate surface area is 200 Å². The van der Waals surface area contributed by atoms with Crippen LogP contribution in [0.2, 0.25) is 0 Å². The molecule has 0 aromatic carbocycles. The number of carbonyl (C=O) groups is 5. The summed E-state index contributed by atoms with van der Waals surface area (Å²) in [6, 6.07) is -4.85. The maximum atomic E-state index is 12.8. The van der Waals surface area contributed by atoms with Crippen LogP contribution in [0.3, 0.4) is 0 Å². The van der Waals surface area contributed by atoms with E-state index in [1.54, 1.807) is 0 Å². The Balaban J connectivity index is 2.81. The highest BCUT2D eigenvalue weighted by Gasteiger charge is 2.29. The number of aromatic amines is 1. The molecular weight excluding hydrogens is 464 g/mol. The highest BCUT2D eigenvalue weighted by Crippen LogP contribution is 2.03. The summed E-state index contributed by atoms with van der Waals surface area (Å²) in [6.07, 6.45) is 2.88. The standard InChI is InChI=1S/C19H32N10O6/c1-9(15(31)29-13(18(34)35)6-14(21)30)27-17(33)12(3-2-4-25-19(22)23)28-16(32)11(20)5-10-7-24-8-26-10/h7-9,11-13H,2-6,20H2,1H3,(H2,21,30)(H,24,26)(H,27,33)(H,28,32)(H,29,31)(H,34,35)(H4,22,23,25). The summed E-state index contributed by atoms with van der Waals surface area (Å²) in [5, 5.41) is 16.2. The van der Waals surface area contributed by atoms with Crippen molar-refractivity contribution in [1.29, 1.82) is 0 Å². The molecule has 0 aliphatic carbocycles. The number of aromatic nitrogens is 2. The minimum absolute atomic E-state index is 0.110. The molecule has 16 nitrogen and oxygen atoms in total. The van der Waals surface area contributed by atoms with Crippen molar-refractivity contribution in [2.75, 3.05) is 6.54 Å². The molecule has 1 rings (SSSR count). The molecule has 0 spiro atoms. The van der Waals surface area contributed by atoms with Crippen LogP contribution in [0.5, 0.6) is 0 Å². The van der Waals surface area contributed by atoms with E-state index in [0.29, 0.717) is 12.1 Å². The van der Waals surface area contributed by atoms with Gasteiger partial charge in [0.1, 0.15) is 18.1 Å². The van der Waals surface area contributed by atoms with Gasteiger partial charge in [-0.05, 0) is 19.8 Å². The van der Waals surface area contributed by atoms with E-state index in [1.165, 1.54) is 19.4 Å². The molecule has 0 bridgehead atoms. The number of hydrogen-bond acceptors (Lipinski definition) is 8. The van der Waals surface area contributed by atoms with E-state index in [2.05, 4.69) is 30.9 Å². The molecule has 16 heteroatoms. The van der Waals surface area contributed by atoms with Gasteiger partial charge >= 0.3 is 5.97 Å². The van der Waals surface area contributed by atoms with Gasteiger partial charge in [-0.25, -0.2) is 9.78 Å². The smallest absolute Gasteiger partial charge is 0.326 e. The lowest BCUT2D eigenvalue weighted by molar-refractivity contribution is -0.143. The maximum Gasteiger partial charge on any atom is 0.326 e. The van der Waals surface area contributed by atoms with Crippen LogP contribution in [0, 0.1) is 0 Å². The van der Waals surface area contributed by atoms with Crippen molar-refractivity contribution >= 4 is 35.6 Å². The van der Waals surface area contributed by atoms with E-state index in [9.17, 15) is 24.0 Å². The zero-order chi connectivity index (χ0) is 26.5. The Bertz CT molecular complexity index is 915. The molecule has 4 unspecified atom stereocenters. The van der Waals surface area contributed by atoms with E-state index >= 15 is 0 Å². The average molecular weight is 497 g/mol. The van der Waals surface area contributed by atoms with Crippen molar-refractivity contribution in [3.63, 3.8) is 0 Å². The summed E-state index contributed by atoms with van der Waals surface area (Å²) in [5.74, 6) is -4.73. The molecule has 13 N–H and O–H groups in total. The van der Waals surface area contributed by atoms with Crippen molar-refractivity contribution in [3.05, 3.63) is 18.2 Å². The SMILES string of the molecule is CC(NC(=O)C(CCCN=C(N)N)NC(=O)C(N)Cc1cnc[nH]1)C(=O)NC(CC(N)=O)C(=O)O. The Hall–Kier alpha value is -4.21. The zero-order valence-electron chi connectivity index (χ0n) is 19.2. The van der Waals surface area contributed by atoms with Gasteiger partial charge in [-0.2, -0.15) is 0 Å². The minimum atomic E-state index is -1.56. The highest BCUT2D eigenvalue weighted by molar-refractivity contribution is 5.94. The fraction of sp³-hybridized carbons (Fsp3) is 0.526. The fourth-order valence-corrected chi connectivity index (χ4v) is 2.85. The molecule has 194 valence electrons. The summed E-state index contributed by atoms with van der Waals surface area (Å²) < 4.78 is 0. The van der Waals surface area contributed by atoms with Gasteiger partial charge < -0.3 is 49.0 Å². The van der Waals surface area contributed by atoms with Crippen molar-refractivity contribution < 1.29 is 29.1 Å². The van der Waals surface area contributed by atoms with Crippen LogP contribution < -0.4 is 38.9 Å². The van der Waals surface area contributed by atoms with Gasteiger partial charge in [0.25, 0.3) is 0 Å². The number of nitrogens with zero attached hydrogens (tertiary/aromatic N) is 2. The summed E-state index contributed by atoms with van der Waals surface area (Å²) in [7, 11) is 0. The predicted molar refractivity (Wildman–Crippen MR) is 123 cm³/mol. The second kappa shape index (κ2) is 14.1. The van der Waals surface area contributed by atoms with E-state index in [4.69, 9.17) is 28.0 Å². The van der Waals surface area contributed by atoms with Crippen molar-refractivity contribution in [2.24, 2.45) is 27.9 Å². The Morgan fingerprint density at radius 3 is 2.26 bits per heavy atom. The number of carboxylic acid groups (broad SMARTS) is 1. The van der Waals surface area contributed by atoms with Crippen LogP contribution in [-0.2, 0) is 30.4 Å². The van der Waals surface area contributed by atoms with Gasteiger partial charge in [0.15, 0.2) is 5.96 Å². The largest absolute Gasteiger partial charge is 0.480 e. The number of nitrogens with one attached hydrogen (secondary N) is 4. The molecule has 4 atom stereocenters. The number of rotatable bonds is 15. The van der Waals surface area contributed by atoms with Crippen molar-refractivity contribution in [2.45, 2.75) is 56.8 Å². The minimum Gasteiger partial charge on any atom is -0.480 e. The molecule has 1 aromatic rings. The van der Waals surface area contributed by atoms with Gasteiger partial charge in [0, 0.05) is 24.9 Å². The molecule has 0 aliphatic heterocycles. The number of H-pyrrole nitrogens is 1. The molecule has 0 saturated heterocycles. The van der Waals surface area contributed by atoms with Crippen molar-refractivity contribution in [3.8, 4) is 0 Å². The van der Waals surface area contributed by atoms with Crippen LogP contribution in [0.4, 0.5) is 0 Å². The molecule has 0 radical (unpaired) electrons. The van der Waals surface area contributed by atoms with E-state index in [1.807, 2.05) is 0 Å². The Kier molecular flexibility index (Phi) is 11.6. The average Bonchev–Trinajstić information content (AvgIpc) is 3.27. The zero-order valence-corrected chi connectivity index (χ0v) is 19.2. The van der Waals surface area contributed by atoms with E-state index < -0.39 is 60.2 Å². The van der Waals surface area contributed by atoms with Crippen molar-refractivity contribution in [1.82, 2.24) is 25.9 Å². The highest BCUT2D eigenvalue weighted by atomic mass is 16.4. The van der Waals surface area contributed by atoms with Crippen LogP contribution in [0.25, 0.3) is 0 Å². The van der Waals surface area contributed by atoms with Gasteiger partial charge in [-0.1, -0.05) is 0 Å². The van der Waals surface area contributed by atoms with E-state index in [-0.39, 0.29) is 25.3 Å². The number of primary amides is 1. The third-order valence-corrected chi connectivity index (χ3v) is 4.68. The number of guanidine groups is 1. The number of nitrogens with two attached hydrogens (primary N) is 4. The first kappa shape index (κ1) is 28.8. The molecule has 4 amide bonds. The molecule has 1 heterocycles. The molecule has 35 heavy (non-hydrogen) atoms. The number of amides is 4. The van der Waals surface area contributed by atoms with Gasteiger partial charge in [-0.3, -0.25) is 24.2 Å². The number of hydrogen-bond donors (Lipinski definition) is 9. The van der Waals surface area contributed by atoms with Crippen LogP contribution in [0.1, 0.15) is 31.9 Å². The summed E-state index contributed by atoms with van der Waals surface area (Å²) in [4.78, 5) is 70.4. The van der Waals surface area contributed by atoms with Crippen LogP contribution in [0.15, 0.2) is 17.5 Å². The number of aliphatic imine (C=N–C) groups is 1. The quantitative estimate of drug-likeness (QED) is 0.0640. The maximum absolute atomic E-state index is 12.8. The van der Waals surface area contributed by atoms with Crippen LogP contribution >= 0.6 is 0 Å². The Morgan fingerprint density at radius 2 is 1.71 bits per heavy atom. The predicted octanol–water partition coefficient (Wildman–Crippen LogP) is -4.23. The van der Waals surface area contributed by atoms with Gasteiger partial charge in [0.05, 0.1) is 18.8 Å². The Morgan fingerprint density at radius 1 is 1.06 bits per heavy atom. The van der Waals surface area contributed by atoms with Gasteiger partial charge in [0.2, 0.25) is 23.6 Å². The number of aliphatic carboxylic acids is 1. The number of imidazole rings is 1. The second-order valence-corrected chi connectivity index (χ2v) is 7.70. The third-order valence-electron chi connectivity index (χ3n) is 4.68. The first-order valence-corrected chi connectivity index (χ1v) is 10.6. The monoisotopic (exact) mass is 496 g/mol. The lowest BCUT2D eigenvalue weighted by atomic mass is 10.1. The summed E-state index contributed by atoms with van der Waals surface area (Å²) in [5.41, 5.74) is 22.1. The first-order chi connectivity index (χ1) is 16.4. The topological polar surface area (TPSA) is 287 Å². The fourth-order valence-electron chi connectivity index (χ4n) is 2.85. The summed E-state index contributed by atoms with van der Waals surface area (Å²) in [6.45, 7) is 1.49. The molecule has 0 saturated carbocycles. The lowest BCUT2D eigenvalue weighted by Crippen LogP contribution is -2.56. The summed E-state index contributed by atoms with van der Waals surface area (Å²) >= 11 is 0. The molecular formula is C19H32N10O6. The third kappa shape index (κ3) is 11.0. The normalized spacial score (nSPS) is 14.0. The first-order valence-electron chi connectivity index (χ1n) is 10.6. The number of carbonyl (C=O) groups excluding carboxylic acids is 4. The van der Waals surface area contributed by atoms with E-state index in [0.717, 1.165) is 0 Å². The molecule has 0 fully saturated rings. The molecule has 1 aromatic heterocycles. The van der Waals surface area contributed by atoms with Gasteiger partial charge in [-0.15, -0.1) is 0 Å².